The van der Waals surface area contributed by atoms with Crippen LogP contribution in [-0.4, -0.2) is 17.7 Å². The molecule has 0 saturated carbocycles. The summed E-state index contributed by atoms with van der Waals surface area (Å²) >= 11 is 0. The second-order valence-corrected chi connectivity index (χ2v) is 4.79. The number of ether oxygens (including phenoxy) is 1. The molecule has 1 atom stereocenters. The maximum Gasteiger partial charge on any atom is 0.340 e. The highest BCUT2D eigenvalue weighted by Gasteiger charge is 2.14. The molecule has 4 nitrogen and oxygen atoms in total. The Labute approximate surface area is 114 Å². The van der Waals surface area contributed by atoms with E-state index in [1.165, 1.54) is 18.2 Å². The third-order valence-electron chi connectivity index (χ3n) is 3.25. The number of rotatable bonds is 7. The summed E-state index contributed by atoms with van der Waals surface area (Å²) in [6.07, 6.45) is 4.34. The lowest BCUT2D eigenvalue weighted by atomic mass is 10.0. The van der Waals surface area contributed by atoms with Gasteiger partial charge in [0.2, 0.25) is 0 Å². The van der Waals surface area contributed by atoms with Crippen molar-refractivity contribution < 1.29 is 14.6 Å². The van der Waals surface area contributed by atoms with Crippen molar-refractivity contribution in [1.29, 1.82) is 0 Å². The van der Waals surface area contributed by atoms with Gasteiger partial charge in [-0.15, -0.1) is 0 Å². The number of nitrogens with two attached hydrogens (primary N) is 1. The van der Waals surface area contributed by atoms with E-state index in [1.54, 1.807) is 0 Å². The number of benzene rings is 1. The quantitative estimate of drug-likeness (QED) is 0.450. The van der Waals surface area contributed by atoms with Crippen molar-refractivity contribution in [1.82, 2.24) is 0 Å². The molecule has 0 aliphatic rings. The average molecular weight is 265 g/mol. The number of phenolic OH excluding ortho intramolecular Hbond substituents is 1. The van der Waals surface area contributed by atoms with Crippen LogP contribution in [0.1, 0.15) is 49.9 Å². The van der Waals surface area contributed by atoms with Crippen molar-refractivity contribution in [3.8, 4) is 5.75 Å². The Kier molecular flexibility index (Phi) is 6.19. The zero-order valence-electron chi connectivity index (χ0n) is 11.7. The molecule has 0 aliphatic carbocycles. The summed E-state index contributed by atoms with van der Waals surface area (Å²) in [5.74, 6) is -0.0649. The molecule has 0 aliphatic heterocycles. The van der Waals surface area contributed by atoms with Crippen LogP contribution in [0.2, 0.25) is 0 Å². The average Bonchev–Trinajstić information content (AvgIpc) is 2.41. The molecule has 0 spiro atoms. The Hall–Kier alpha value is -1.71. The number of phenols is 1. The van der Waals surface area contributed by atoms with E-state index in [1.807, 2.05) is 0 Å². The van der Waals surface area contributed by atoms with Crippen LogP contribution in [0.3, 0.4) is 0 Å². The van der Waals surface area contributed by atoms with E-state index in [9.17, 15) is 9.90 Å². The van der Waals surface area contributed by atoms with Crippen LogP contribution in [0.25, 0.3) is 0 Å². The fourth-order valence-corrected chi connectivity index (χ4v) is 1.89. The minimum Gasteiger partial charge on any atom is -0.508 e. The summed E-state index contributed by atoms with van der Waals surface area (Å²) in [5, 5.41) is 9.36. The zero-order valence-corrected chi connectivity index (χ0v) is 11.7. The fraction of sp³-hybridized carbons (Fsp3) is 0.533. The molecule has 19 heavy (non-hydrogen) atoms. The molecule has 0 heterocycles. The third-order valence-corrected chi connectivity index (χ3v) is 3.25. The Morgan fingerprint density at radius 2 is 2.16 bits per heavy atom. The van der Waals surface area contributed by atoms with Crippen molar-refractivity contribution in [2.45, 2.75) is 39.5 Å². The number of hydrogen-bond acceptors (Lipinski definition) is 4. The van der Waals surface area contributed by atoms with Gasteiger partial charge in [-0.1, -0.05) is 33.1 Å². The normalized spacial score (nSPS) is 12.1. The molecule has 0 saturated heterocycles. The van der Waals surface area contributed by atoms with Crippen LogP contribution in [0.5, 0.6) is 5.75 Å². The Bertz CT molecular complexity index is 418. The highest BCUT2D eigenvalue weighted by molar-refractivity contribution is 5.95. The third kappa shape index (κ3) is 4.81. The minimum atomic E-state index is -0.469. The van der Waals surface area contributed by atoms with Crippen molar-refractivity contribution in [2.75, 3.05) is 12.3 Å². The van der Waals surface area contributed by atoms with Crippen molar-refractivity contribution in [3.05, 3.63) is 23.8 Å². The van der Waals surface area contributed by atoms with E-state index < -0.39 is 5.97 Å². The summed E-state index contributed by atoms with van der Waals surface area (Å²) in [4.78, 5) is 11.9. The van der Waals surface area contributed by atoms with Crippen molar-refractivity contribution in [2.24, 2.45) is 5.92 Å². The number of nitrogen functional groups attached to an aromatic ring is 1. The minimum absolute atomic E-state index is 0.0131. The first-order chi connectivity index (χ1) is 9.08. The second-order valence-electron chi connectivity index (χ2n) is 4.79. The van der Waals surface area contributed by atoms with Gasteiger partial charge in [0, 0.05) is 5.69 Å². The Morgan fingerprint density at radius 3 is 2.79 bits per heavy atom. The first kappa shape index (κ1) is 15.3. The molecule has 1 aromatic rings. The molecule has 0 fully saturated rings. The summed E-state index contributed by atoms with van der Waals surface area (Å²) in [6.45, 7) is 4.65. The maximum absolute atomic E-state index is 11.9. The van der Waals surface area contributed by atoms with Crippen LogP contribution in [0.4, 0.5) is 5.69 Å². The number of carbonyl (C=O) groups excluding carboxylic acids is 1. The first-order valence-corrected chi connectivity index (χ1v) is 6.84. The largest absolute Gasteiger partial charge is 0.508 e. The van der Waals surface area contributed by atoms with Gasteiger partial charge in [0.25, 0.3) is 0 Å². The van der Waals surface area contributed by atoms with E-state index in [-0.39, 0.29) is 11.3 Å². The molecule has 1 unspecified atom stereocenters. The molecule has 106 valence electrons. The molecule has 1 rings (SSSR count). The number of carbonyl (C=O) groups is 1. The molecule has 0 bridgehead atoms. The Balaban J connectivity index is 2.56. The number of aromatic hydroxyl groups is 1. The van der Waals surface area contributed by atoms with Gasteiger partial charge >= 0.3 is 5.97 Å². The van der Waals surface area contributed by atoms with Crippen LogP contribution >= 0.6 is 0 Å². The van der Waals surface area contributed by atoms with Gasteiger partial charge in [0.1, 0.15) is 5.75 Å². The standard InChI is InChI=1S/C15H23NO3/c1-3-5-6-11(4-2)10-19-15(18)13-9-12(17)7-8-14(13)16/h7-9,11,17H,3-6,10,16H2,1-2H3. The van der Waals surface area contributed by atoms with Gasteiger partial charge < -0.3 is 15.6 Å². The number of anilines is 1. The van der Waals surface area contributed by atoms with Gasteiger partial charge in [-0.25, -0.2) is 4.79 Å². The summed E-state index contributed by atoms with van der Waals surface area (Å²) in [6, 6.07) is 4.28. The van der Waals surface area contributed by atoms with E-state index in [4.69, 9.17) is 10.5 Å². The first-order valence-electron chi connectivity index (χ1n) is 6.84. The fourth-order valence-electron chi connectivity index (χ4n) is 1.89. The summed E-state index contributed by atoms with van der Waals surface area (Å²) in [5.41, 5.74) is 6.25. The molecule has 0 radical (unpaired) electrons. The van der Waals surface area contributed by atoms with Gasteiger partial charge in [0.05, 0.1) is 12.2 Å². The number of hydrogen-bond donors (Lipinski definition) is 2. The van der Waals surface area contributed by atoms with Crippen LogP contribution < -0.4 is 5.73 Å². The lowest BCUT2D eigenvalue weighted by Gasteiger charge is -2.15. The molecule has 3 N–H and O–H groups in total. The topological polar surface area (TPSA) is 72.5 Å². The predicted molar refractivity (Wildman–Crippen MR) is 76.1 cm³/mol. The molecular weight excluding hydrogens is 242 g/mol. The molecule has 4 heteroatoms. The van der Waals surface area contributed by atoms with Crippen molar-refractivity contribution >= 4 is 11.7 Å². The summed E-state index contributed by atoms with van der Waals surface area (Å²) < 4.78 is 5.28. The molecule has 0 aromatic heterocycles. The number of unbranched alkanes of at least 4 members (excludes halogenated alkanes) is 1. The van der Waals surface area contributed by atoms with Crippen molar-refractivity contribution in [3.63, 3.8) is 0 Å². The van der Waals surface area contributed by atoms with Crippen LogP contribution in [0, 0.1) is 5.92 Å². The van der Waals surface area contributed by atoms with Crippen LogP contribution in [-0.2, 0) is 4.74 Å². The molecular formula is C15H23NO3. The van der Waals surface area contributed by atoms with E-state index >= 15 is 0 Å². The van der Waals surface area contributed by atoms with Gasteiger partial charge in [0.15, 0.2) is 0 Å². The predicted octanol–water partition coefficient (Wildman–Crippen LogP) is 3.35. The monoisotopic (exact) mass is 265 g/mol. The lowest BCUT2D eigenvalue weighted by Crippen LogP contribution is -2.15. The number of esters is 1. The van der Waals surface area contributed by atoms with Gasteiger partial charge in [-0.3, -0.25) is 0 Å². The maximum atomic E-state index is 11.9. The second kappa shape index (κ2) is 7.67. The van der Waals surface area contributed by atoms with Gasteiger partial charge in [-0.2, -0.15) is 0 Å². The zero-order chi connectivity index (χ0) is 14.3. The highest BCUT2D eigenvalue weighted by atomic mass is 16.5. The van der Waals surface area contributed by atoms with E-state index in [0.717, 1.165) is 25.7 Å². The van der Waals surface area contributed by atoms with E-state index in [0.29, 0.717) is 18.2 Å². The lowest BCUT2D eigenvalue weighted by molar-refractivity contribution is 0.0429. The Morgan fingerprint density at radius 1 is 1.42 bits per heavy atom. The smallest absolute Gasteiger partial charge is 0.340 e. The van der Waals surface area contributed by atoms with Crippen LogP contribution in [0.15, 0.2) is 18.2 Å². The molecule has 0 amide bonds. The van der Waals surface area contributed by atoms with Gasteiger partial charge in [-0.05, 0) is 30.5 Å². The summed E-state index contributed by atoms with van der Waals surface area (Å²) in [7, 11) is 0. The highest BCUT2D eigenvalue weighted by Crippen LogP contribution is 2.20. The SMILES string of the molecule is CCCCC(CC)COC(=O)c1cc(O)ccc1N. The van der Waals surface area contributed by atoms with E-state index in [2.05, 4.69) is 13.8 Å². The molecule has 1 aromatic carbocycles.